The molecule has 0 saturated carbocycles. The molecule has 0 bridgehead atoms. The van der Waals surface area contributed by atoms with Gasteiger partial charge in [0.25, 0.3) is 11.8 Å². The Morgan fingerprint density at radius 2 is 1.82 bits per heavy atom. The van der Waals surface area contributed by atoms with E-state index in [-0.39, 0.29) is 42.8 Å². The summed E-state index contributed by atoms with van der Waals surface area (Å²) in [5.41, 5.74) is 3.92. The number of hydroxylamine groups is 1. The van der Waals surface area contributed by atoms with Crippen molar-refractivity contribution in [2.45, 2.75) is 23.9 Å². The van der Waals surface area contributed by atoms with Gasteiger partial charge in [0.15, 0.2) is 0 Å². The molecule has 15 heteroatoms. The summed E-state index contributed by atoms with van der Waals surface area (Å²) in [4.78, 5) is 46.9. The first-order valence-corrected chi connectivity index (χ1v) is 14.0. The first kappa shape index (κ1) is 29.8. The highest BCUT2D eigenvalue weighted by Crippen LogP contribution is 2.24. The Kier molecular flexibility index (Phi) is 10.6. The Bertz CT molecular complexity index is 1350. The van der Waals surface area contributed by atoms with E-state index in [1.807, 2.05) is 0 Å². The second kappa shape index (κ2) is 13.9. The summed E-state index contributed by atoms with van der Waals surface area (Å²) in [7, 11) is -0.875. The molecular weight excluding hydrogens is 546 g/mol. The first-order valence-electron chi connectivity index (χ1n) is 11.7. The van der Waals surface area contributed by atoms with E-state index in [2.05, 4.69) is 20.6 Å². The molecule has 0 saturated heterocycles. The lowest BCUT2D eigenvalue weighted by atomic mass is 10.1. The van der Waals surface area contributed by atoms with Crippen molar-refractivity contribution in [3.05, 3.63) is 70.9 Å². The van der Waals surface area contributed by atoms with E-state index in [4.69, 9.17) is 0 Å². The van der Waals surface area contributed by atoms with Crippen LogP contribution < -0.4 is 16.1 Å². The molecule has 0 spiro atoms. The predicted molar refractivity (Wildman–Crippen MR) is 143 cm³/mol. The van der Waals surface area contributed by atoms with Crippen LogP contribution in [0.1, 0.15) is 21.7 Å². The molecule has 0 fully saturated rings. The number of sulfonamides is 1. The van der Waals surface area contributed by atoms with Gasteiger partial charge in [-0.25, -0.2) is 13.9 Å². The van der Waals surface area contributed by atoms with Crippen molar-refractivity contribution in [3.8, 4) is 0 Å². The molecule has 1 aromatic carbocycles. The number of carbonyl (C=O) groups excluding carboxylic acids is 3. The van der Waals surface area contributed by atoms with Crippen molar-refractivity contribution in [2.24, 2.45) is 0 Å². The molecule has 1 unspecified atom stereocenters. The molecule has 208 valence electrons. The minimum Gasteiger partial charge on any atom is -0.355 e. The lowest BCUT2D eigenvalue weighted by molar-refractivity contribution is -0.133. The molecular formula is C24H29N7O6S2. The van der Waals surface area contributed by atoms with Crippen LogP contribution in [0.4, 0.5) is 5.69 Å². The highest BCUT2D eigenvalue weighted by Gasteiger charge is 2.36. The average molecular weight is 576 g/mol. The number of nitrogens with zero attached hydrogens (tertiary/aromatic N) is 4. The second-order valence-electron chi connectivity index (χ2n) is 8.62. The minimum atomic E-state index is -4.32. The summed E-state index contributed by atoms with van der Waals surface area (Å²) in [6, 6.07) is 7.38. The largest absolute Gasteiger partial charge is 0.355 e. The van der Waals surface area contributed by atoms with Crippen LogP contribution in [0.2, 0.25) is 0 Å². The number of rotatable bonds is 13. The maximum Gasteiger partial charge on any atom is 0.267 e. The van der Waals surface area contributed by atoms with Crippen LogP contribution in [0.15, 0.2) is 65.4 Å². The van der Waals surface area contributed by atoms with Crippen molar-refractivity contribution in [3.63, 3.8) is 0 Å². The fourth-order valence-electron chi connectivity index (χ4n) is 3.57. The quantitative estimate of drug-likeness (QED) is 0.171. The number of nitrogens with one attached hydrogen (secondary N) is 3. The summed E-state index contributed by atoms with van der Waals surface area (Å²) in [5, 5.41) is 14.7. The van der Waals surface area contributed by atoms with Crippen LogP contribution in [0.25, 0.3) is 0 Å². The number of aromatic nitrogens is 2. The smallest absolute Gasteiger partial charge is 0.267 e. The standard InChI is InChI=1S/C24H29N7O6S2/c1-30(2)15-22(32)27-11-9-20(23(33)29-35)31(14-17-4-3-10-25-12-17)39(36,37)19-7-5-18(6-8-19)28-24(34)21-13-26-16-38-21/h3-8,10,12-13,16,20,35H,9,11,14-15H2,1-2H3,(H,27,32)(H,28,34)(H,29,33). The van der Waals surface area contributed by atoms with Gasteiger partial charge in [-0.2, -0.15) is 4.31 Å². The van der Waals surface area contributed by atoms with Crippen molar-refractivity contribution >= 4 is 44.8 Å². The number of hydrogen-bond donors (Lipinski definition) is 4. The summed E-state index contributed by atoms with van der Waals surface area (Å²) >= 11 is 1.16. The Labute approximate surface area is 229 Å². The fourth-order valence-corrected chi connectivity index (χ4v) is 5.69. The predicted octanol–water partition coefficient (Wildman–Crippen LogP) is 0.923. The molecule has 0 aliphatic heterocycles. The van der Waals surface area contributed by atoms with Crippen LogP contribution in [0.3, 0.4) is 0 Å². The third-order valence-corrected chi connectivity index (χ3v) is 8.04. The number of carbonyl (C=O) groups is 3. The maximum atomic E-state index is 13.8. The van der Waals surface area contributed by atoms with Gasteiger partial charge in [-0.3, -0.25) is 29.6 Å². The molecule has 2 heterocycles. The Morgan fingerprint density at radius 1 is 1.08 bits per heavy atom. The monoisotopic (exact) mass is 575 g/mol. The molecule has 0 aliphatic carbocycles. The van der Waals surface area contributed by atoms with E-state index >= 15 is 0 Å². The molecule has 3 rings (SSSR count). The number of anilines is 1. The maximum absolute atomic E-state index is 13.8. The molecule has 1 atom stereocenters. The van der Waals surface area contributed by atoms with Crippen LogP contribution in [0, 0.1) is 0 Å². The number of likely N-dealkylation sites (N-methyl/N-ethyl adjacent to an activating group) is 1. The van der Waals surface area contributed by atoms with Gasteiger partial charge in [0.05, 0.1) is 23.1 Å². The SMILES string of the molecule is CN(C)CC(=O)NCCC(C(=O)NO)N(Cc1cccnc1)S(=O)(=O)c1ccc(NC(=O)c2cncs2)cc1. The molecule has 0 aliphatic rings. The fraction of sp³-hybridized carbons (Fsp3) is 0.292. The van der Waals surface area contributed by atoms with Crippen molar-refractivity contribution in [1.82, 2.24) is 30.0 Å². The zero-order valence-electron chi connectivity index (χ0n) is 21.3. The van der Waals surface area contributed by atoms with Crippen molar-refractivity contribution in [2.75, 3.05) is 32.5 Å². The lowest BCUT2D eigenvalue weighted by Crippen LogP contribution is -2.50. The van der Waals surface area contributed by atoms with Crippen LogP contribution in [0.5, 0.6) is 0 Å². The van der Waals surface area contributed by atoms with Gasteiger partial charge < -0.3 is 15.5 Å². The lowest BCUT2D eigenvalue weighted by Gasteiger charge is -2.29. The van der Waals surface area contributed by atoms with E-state index in [1.54, 1.807) is 31.1 Å². The summed E-state index contributed by atoms with van der Waals surface area (Å²) < 4.78 is 28.6. The van der Waals surface area contributed by atoms with Gasteiger partial charge in [-0.05, 0) is 56.4 Å². The number of benzene rings is 1. The zero-order chi connectivity index (χ0) is 28.4. The van der Waals surface area contributed by atoms with Crippen LogP contribution in [-0.2, 0) is 26.2 Å². The summed E-state index contributed by atoms with van der Waals surface area (Å²) in [6.07, 6.45) is 4.30. The van der Waals surface area contributed by atoms with Crippen molar-refractivity contribution < 1.29 is 28.0 Å². The Morgan fingerprint density at radius 3 is 2.41 bits per heavy atom. The highest BCUT2D eigenvalue weighted by atomic mass is 32.2. The van der Waals surface area contributed by atoms with E-state index in [9.17, 15) is 28.0 Å². The van der Waals surface area contributed by atoms with Crippen LogP contribution in [-0.4, -0.2) is 83.7 Å². The summed E-state index contributed by atoms with van der Waals surface area (Å²) in [5.74, 6) is -1.65. The van der Waals surface area contributed by atoms with E-state index in [0.29, 0.717) is 16.1 Å². The van der Waals surface area contributed by atoms with Gasteiger partial charge in [-0.15, -0.1) is 11.3 Å². The Balaban J connectivity index is 1.88. The van der Waals surface area contributed by atoms with Gasteiger partial charge in [-0.1, -0.05) is 6.07 Å². The topological polar surface area (TPSA) is 174 Å². The first-order chi connectivity index (χ1) is 18.6. The molecule has 4 N–H and O–H groups in total. The van der Waals surface area contributed by atoms with E-state index in [1.165, 1.54) is 53.8 Å². The van der Waals surface area contributed by atoms with Gasteiger partial charge in [0.1, 0.15) is 10.9 Å². The molecule has 39 heavy (non-hydrogen) atoms. The summed E-state index contributed by atoms with van der Waals surface area (Å²) in [6.45, 7) is -0.142. The number of amides is 3. The van der Waals surface area contributed by atoms with E-state index < -0.39 is 22.0 Å². The molecule has 3 aromatic rings. The third-order valence-electron chi connectivity index (χ3n) is 5.40. The van der Waals surface area contributed by atoms with Gasteiger partial charge in [0.2, 0.25) is 15.9 Å². The number of pyridine rings is 1. The highest BCUT2D eigenvalue weighted by molar-refractivity contribution is 7.89. The zero-order valence-corrected chi connectivity index (χ0v) is 22.9. The normalized spacial score (nSPS) is 12.2. The molecule has 3 amide bonds. The molecule has 2 aromatic heterocycles. The third kappa shape index (κ3) is 8.36. The number of thiazole rings is 1. The average Bonchev–Trinajstić information content (AvgIpc) is 3.46. The van der Waals surface area contributed by atoms with Gasteiger partial charge in [0, 0.05) is 31.2 Å². The Hall–Kier alpha value is -3.76. The molecule has 13 nitrogen and oxygen atoms in total. The van der Waals surface area contributed by atoms with Crippen molar-refractivity contribution in [1.29, 1.82) is 0 Å². The minimum absolute atomic E-state index is 0.0215. The number of hydrogen-bond acceptors (Lipinski definition) is 10. The van der Waals surface area contributed by atoms with Crippen LogP contribution >= 0.6 is 11.3 Å². The molecule has 0 radical (unpaired) electrons. The second-order valence-corrected chi connectivity index (χ2v) is 11.4. The van der Waals surface area contributed by atoms with Gasteiger partial charge >= 0.3 is 0 Å². The van der Waals surface area contributed by atoms with E-state index in [0.717, 1.165) is 15.6 Å².